The molecule has 3 unspecified atom stereocenters. The van der Waals surface area contributed by atoms with Crippen molar-refractivity contribution in [1.29, 1.82) is 0 Å². The molecule has 1 amide bonds. The van der Waals surface area contributed by atoms with E-state index >= 15 is 0 Å². The topological polar surface area (TPSA) is 67.1 Å². The SMILES string of the molecule is NCC1CCCCC1NC(=O)CC1CSCCN1. The first kappa shape index (κ1) is 14.2. The molecule has 3 atom stereocenters. The van der Waals surface area contributed by atoms with Crippen LogP contribution in [0, 0.1) is 5.92 Å². The number of hydrogen-bond donors (Lipinski definition) is 3. The summed E-state index contributed by atoms with van der Waals surface area (Å²) in [6.45, 7) is 1.72. The highest BCUT2D eigenvalue weighted by Gasteiger charge is 2.26. The quantitative estimate of drug-likeness (QED) is 0.705. The number of hydrogen-bond acceptors (Lipinski definition) is 4. The fraction of sp³-hybridized carbons (Fsp3) is 0.923. The molecular weight excluding hydrogens is 246 g/mol. The number of nitrogens with two attached hydrogens (primary N) is 1. The monoisotopic (exact) mass is 271 g/mol. The van der Waals surface area contributed by atoms with E-state index in [1.54, 1.807) is 0 Å². The number of carbonyl (C=O) groups excluding carboxylic acids is 1. The summed E-state index contributed by atoms with van der Waals surface area (Å²) in [5.41, 5.74) is 5.79. The predicted octanol–water partition coefficient (Wildman–Crippen LogP) is 0.715. The highest BCUT2D eigenvalue weighted by atomic mass is 32.2. The second-order valence-electron chi connectivity index (χ2n) is 5.38. The molecule has 1 heterocycles. The van der Waals surface area contributed by atoms with Gasteiger partial charge < -0.3 is 16.4 Å². The Morgan fingerprint density at radius 2 is 2.22 bits per heavy atom. The molecule has 18 heavy (non-hydrogen) atoms. The molecule has 0 radical (unpaired) electrons. The van der Waals surface area contributed by atoms with Crippen molar-refractivity contribution in [3.63, 3.8) is 0 Å². The van der Waals surface area contributed by atoms with E-state index in [-0.39, 0.29) is 5.91 Å². The summed E-state index contributed by atoms with van der Waals surface area (Å²) in [5.74, 6) is 2.89. The van der Waals surface area contributed by atoms with E-state index in [1.807, 2.05) is 11.8 Å². The number of rotatable bonds is 4. The van der Waals surface area contributed by atoms with Crippen LogP contribution in [0.4, 0.5) is 0 Å². The van der Waals surface area contributed by atoms with E-state index in [2.05, 4.69) is 10.6 Å². The van der Waals surface area contributed by atoms with Crippen LogP contribution in [0.5, 0.6) is 0 Å². The third kappa shape index (κ3) is 4.14. The third-order valence-electron chi connectivity index (χ3n) is 3.99. The van der Waals surface area contributed by atoms with Gasteiger partial charge in [0.05, 0.1) is 0 Å². The van der Waals surface area contributed by atoms with Gasteiger partial charge in [0.25, 0.3) is 0 Å². The Morgan fingerprint density at radius 1 is 1.39 bits per heavy atom. The molecule has 104 valence electrons. The lowest BCUT2D eigenvalue weighted by atomic mass is 9.84. The van der Waals surface area contributed by atoms with Crippen molar-refractivity contribution >= 4 is 17.7 Å². The van der Waals surface area contributed by atoms with Crippen LogP contribution in [0.25, 0.3) is 0 Å². The van der Waals surface area contributed by atoms with Crippen molar-refractivity contribution in [2.24, 2.45) is 11.7 Å². The van der Waals surface area contributed by atoms with Crippen LogP contribution in [0.2, 0.25) is 0 Å². The van der Waals surface area contributed by atoms with Crippen LogP contribution in [-0.4, -0.2) is 42.6 Å². The minimum atomic E-state index is 0.195. The molecule has 1 aliphatic heterocycles. The van der Waals surface area contributed by atoms with Crippen molar-refractivity contribution < 1.29 is 4.79 Å². The van der Waals surface area contributed by atoms with Crippen molar-refractivity contribution in [1.82, 2.24) is 10.6 Å². The summed E-state index contributed by atoms with van der Waals surface area (Å²) < 4.78 is 0. The molecule has 0 aromatic carbocycles. The fourth-order valence-corrected chi connectivity index (χ4v) is 3.87. The van der Waals surface area contributed by atoms with E-state index in [4.69, 9.17) is 5.73 Å². The Morgan fingerprint density at radius 3 is 2.94 bits per heavy atom. The average Bonchev–Trinajstić information content (AvgIpc) is 2.40. The highest BCUT2D eigenvalue weighted by Crippen LogP contribution is 2.23. The zero-order chi connectivity index (χ0) is 12.8. The normalized spacial score (nSPS) is 33.1. The van der Waals surface area contributed by atoms with Gasteiger partial charge in [0.15, 0.2) is 0 Å². The van der Waals surface area contributed by atoms with Crippen molar-refractivity contribution in [2.75, 3.05) is 24.6 Å². The summed E-state index contributed by atoms with van der Waals surface area (Å²) in [5, 5.41) is 6.61. The van der Waals surface area contributed by atoms with E-state index in [9.17, 15) is 4.79 Å². The van der Waals surface area contributed by atoms with E-state index in [0.29, 0.717) is 31.0 Å². The first-order valence-corrected chi connectivity index (χ1v) is 8.25. The Labute approximate surface area is 114 Å². The van der Waals surface area contributed by atoms with Crippen LogP contribution in [0.15, 0.2) is 0 Å². The van der Waals surface area contributed by atoms with Gasteiger partial charge in [-0.1, -0.05) is 12.8 Å². The molecule has 0 aromatic heterocycles. The Balaban J connectivity index is 1.75. The molecule has 4 N–H and O–H groups in total. The highest BCUT2D eigenvalue weighted by molar-refractivity contribution is 7.99. The van der Waals surface area contributed by atoms with Gasteiger partial charge in [0.2, 0.25) is 5.91 Å². The standard InChI is InChI=1S/C13H25N3OS/c14-8-10-3-1-2-4-12(10)16-13(17)7-11-9-18-6-5-15-11/h10-12,15H,1-9,14H2,(H,16,17). The first-order chi connectivity index (χ1) is 8.79. The molecule has 0 aromatic rings. The third-order valence-corrected chi connectivity index (χ3v) is 5.12. The molecule has 2 rings (SSSR count). The molecule has 2 fully saturated rings. The molecule has 0 spiro atoms. The van der Waals surface area contributed by atoms with Crippen LogP contribution in [-0.2, 0) is 4.79 Å². The van der Waals surface area contributed by atoms with Gasteiger partial charge >= 0.3 is 0 Å². The summed E-state index contributed by atoms with van der Waals surface area (Å²) in [6.07, 6.45) is 5.36. The van der Waals surface area contributed by atoms with Crippen LogP contribution in [0.1, 0.15) is 32.1 Å². The largest absolute Gasteiger partial charge is 0.353 e. The second kappa shape index (κ2) is 7.36. The average molecular weight is 271 g/mol. The molecule has 0 bridgehead atoms. The first-order valence-electron chi connectivity index (χ1n) is 7.10. The fourth-order valence-electron chi connectivity index (χ4n) is 2.92. The van der Waals surface area contributed by atoms with E-state index < -0.39 is 0 Å². The Bertz CT molecular complexity index is 269. The molecule has 5 heteroatoms. The van der Waals surface area contributed by atoms with Crippen molar-refractivity contribution in [3.05, 3.63) is 0 Å². The summed E-state index contributed by atoms with van der Waals surface area (Å²) in [6, 6.07) is 0.663. The second-order valence-corrected chi connectivity index (χ2v) is 6.53. The van der Waals surface area contributed by atoms with Gasteiger partial charge in [-0.3, -0.25) is 4.79 Å². The summed E-state index contributed by atoms with van der Waals surface area (Å²) in [7, 11) is 0. The lowest BCUT2D eigenvalue weighted by molar-refractivity contribution is -0.122. The van der Waals surface area contributed by atoms with Gasteiger partial charge in [-0.25, -0.2) is 0 Å². The van der Waals surface area contributed by atoms with Crippen LogP contribution >= 0.6 is 11.8 Å². The molecule has 1 aliphatic carbocycles. The van der Waals surface area contributed by atoms with Crippen molar-refractivity contribution in [2.45, 2.75) is 44.2 Å². The minimum absolute atomic E-state index is 0.195. The maximum Gasteiger partial charge on any atom is 0.221 e. The van der Waals surface area contributed by atoms with Crippen molar-refractivity contribution in [3.8, 4) is 0 Å². The Hall–Kier alpha value is -0.260. The lowest BCUT2D eigenvalue weighted by Crippen LogP contribution is -2.47. The van der Waals surface area contributed by atoms with E-state index in [1.165, 1.54) is 19.3 Å². The van der Waals surface area contributed by atoms with Crippen LogP contribution < -0.4 is 16.4 Å². The zero-order valence-electron chi connectivity index (χ0n) is 11.0. The smallest absolute Gasteiger partial charge is 0.221 e. The minimum Gasteiger partial charge on any atom is -0.353 e. The molecular formula is C13H25N3OS. The predicted molar refractivity (Wildman–Crippen MR) is 76.7 cm³/mol. The van der Waals surface area contributed by atoms with Gasteiger partial charge in [0, 0.05) is 36.6 Å². The molecule has 4 nitrogen and oxygen atoms in total. The maximum atomic E-state index is 12.0. The van der Waals surface area contributed by atoms with Gasteiger partial charge in [-0.05, 0) is 25.3 Å². The van der Waals surface area contributed by atoms with E-state index in [0.717, 1.165) is 24.5 Å². The van der Waals surface area contributed by atoms with Gasteiger partial charge in [-0.2, -0.15) is 11.8 Å². The maximum absolute atomic E-state index is 12.0. The Kier molecular flexibility index (Phi) is 5.79. The molecule has 1 saturated carbocycles. The summed E-state index contributed by atoms with van der Waals surface area (Å²) in [4.78, 5) is 12.0. The molecule has 1 saturated heterocycles. The van der Waals surface area contributed by atoms with Gasteiger partial charge in [0.1, 0.15) is 0 Å². The zero-order valence-corrected chi connectivity index (χ0v) is 11.8. The lowest BCUT2D eigenvalue weighted by Gasteiger charge is -2.32. The number of carbonyl (C=O) groups is 1. The number of thioether (sulfide) groups is 1. The number of amides is 1. The molecule has 2 aliphatic rings. The summed E-state index contributed by atoms with van der Waals surface area (Å²) >= 11 is 1.93. The van der Waals surface area contributed by atoms with Gasteiger partial charge in [-0.15, -0.1) is 0 Å². The number of nitrogens with one attached hydrogen (secondary N) is 2. The van der Waals surface area contributed by atoms with Crippen LogP contribution in [0.3, 0.4) is 0 Å².